The number of pyridine rings is 1. The van der Waals surface area contributed by atoms with Gasteiger partial charge in [0.25, 0.3) is 0 Å². The lowest BCUT2D eigenvalue weighted by Crippen LogP contribution is -2.05. The summed E-state index contributed by atoms with van der Waals surface area (Å²) in [5.74, 6) is 0.331. The van der Waals surface area contributed by atoms with E-state index in [0.29, 0.717) is 5.92 Å². The fraction of sp³-hybridized carbons (Fsp3) is 0.116. The maximum Gasteiger partial charge on any atom is 0.158 e. The summed E-state index contributed by atoms with van der Waals surface area (Å²) in [6.45, 7) is 2.23. The van der Waals surface area contributed by atoms with Gasteiger partial charge in [-0.1, -0.05) is 73.7 Å². The van der Waals surface area contributed by atoms with Gasteiger partial charge in [0, 0.05) is 46.7 Å². The average Bonchev–Trinajstić information content (AvgIpc) is 3.46. The molecule has 49 heavy (non-hydrogen) atoms. The van der Waals surface area contributed by atoms with Crippen molar-refractivity contribution in [2.75, 3.05) is 0 Å². The molecule has 4 heterocycles. The second-order valence-corrected chi connectivity index (χ2v) is 15.2. The molecule has 7 aromatic rings. The van der Waals surface area contributed by atoms with Crippen molar-refractivity contribution in [2.45, 2.75) is 24.9 Å². The second-order valence-electron chi connectivity index (χ2n) is 13.2. The van der Waals surface area contributed by atoms with Gasteiger partial charge >= 0.3 is 0 Å². The molecule has 9 rings (SSSR count). The molecule has 1 atom stereocenters. The molecule has 0 saturated heterocycles. The summed E-state index contributed by atoms with van der Waals surface area (Å²) >= 11 is 0. The predicted molar refractivity (Wildman–Crippen MR) is 200 cm³/mol. The molecule has 0 N–H and O–H groups in total. The summed E-state index contributed by atoms with van der Waals surface area (Å²) in [4.78, 5) is 8.89. The van der Waals surface area contributed by atoms with Gasteiger partial charge in [-0.15, -0.1) is 0 Å². The molecule has 2 aliphatic heterocycles. The van der Waals surface area contributed by atoms with Crippen LogP contribution in [0, 0.1) is 5.92 Å². The van der Waals surface area contributed by atoms with E-state index >= 15 is 0 Å². The Hall–Kier alpha value is -5.59. The molecule has 0 saturated carbocycles. The Morgan fingerprint density at radius 1 is 0.653 bits per heavy atom. The third-order valence-electron chi connectivity index (χ3n) is 9.88. The van der Waals surface area contributed by atoms with Crippen molar-refractivity contribution in [3.8, 4) is 44.5 Å². The molecule has 5 nitrogen and oxygen atoms in total. The van der Waals surface area contributed by atoms with Crippen molar-refractivity contribution in [3.05, 3.63) is 144 Å². The standard InChI is InChI=1S/C43H32N2O3S/c1-27-15-17-45-24-41(27)35-19-33(18-34(20-35)30-6-5-16-44-23-30)28-11-13-31-25-49(46,47)26-32-14-12-29(22-40(32)39(31)21-28)36-8-4-9-38-37-7-2-3-10-42(37)48-43(36)38/h2-14,16-24,27H,15,25-26H2,1H3. The minimum Gasteiger partial charge on any atom is -0.455 e. The lowest BCUT2D eigenvalue weighted by atomic mass is 9.86. The van der Waals surface area contributed by atoms with Gasteiger partial charge in [0.15, 0.2) is 9.84 Å². The number of aromatic nitrogens is 1. The molecule has 6 heteroatoms. The highest BCUT2D eigenvalue weighted by molar-refractivity contribution is 7.89. The van der Waals surface area contributed by atoms with Crippen LogP contribution in [-0.4, -0.2) is 19.6 Å². The SMILES string of the molecule is CC1CC=NC=C1c1cc(-c2cccnc2)cc(-c2ccc3c(c2)-c2cc(-c4cccc5c4oc4ccccc45)ccc2CS(=O)(=O)C3)c1. The molecule has 0 aliphatic carbocycles. The number of rotatable bonds is 4. The number of allylic oxidation sites excluding steroid dienone is 1. The third kappa shape index (κ3) is 5.29. The summed E-state index contributed by atoms with van der Waals surface area (Å²) in [5, 5.41) is 2.14. The Balaban J connectivity index is 1.23. The molecule has 1 unspecified atom stereocenters. The zero-order valence-electron chi connectivity index (χ0n) is 26.9. The Labute approximate surface area is 285 Å². The van der Waals surface area contributed by atoms with Gasteiger partial charge in [0.2, 0.25) is 0 Å². The van der Waals surface area contributed by atoms with Crippen molar-refractivity contribution < 1.29 is 12.8 Å². The zero-order chi connectivity index (χ0) is 33.1. The largest absolute Gasteiger partial charge is 0.455 e. The molecule has 0 spiro atoms. The van der Waals surface area contributed by atoms with Gasteiger partial charge in [-0.3, -0.25) is 9.98 Å². The first-order valence-corrected chi connectivity index (χ1v) is 18.4. The fourth-order valence-corrected chi connectivity index (χ4v) is 8.93. The number of nitrogens with zero attached hydrogens (tertiary/aromatic N) is 2. The second kappa shape index (κ2) is 11.5. The first-order valence-electron chi connectivity index (χ1n) is 16.6. The molecular weight excluding hydrogens is 625 g/mol. The summed E-state index contributed by atoms with van der Waals surface area (Å²) in [7, 11) is -3.37. The number of para-hydroxylation sites is 2. The van der Waals surface area contributed by atoms with Crippen molar-refractivity contribution >= 4 is 43.6 Å². The smallest absolute Gasteiger partial charge is 0.158 e. The number of hydrogen-bond acceptors (Lipinski definition) is 5. The molecule has 0 amide bonds. The van der Waals surface area contributed by atoms with Gasteiger partial charge in [0.1, 0.15) is 11.2 Å². The van der Waals surface area contributed by atoms with Gasteiger partial charge < -0.3 is 4.42 Å². The number of furan rings is 1. The van der Waals surface area contributed by atoms with Crippen molar-refractivity contribution in [3.63, 3.8) is 0 Å². The summed E-state index contributed by atoms with van der Waals surface area (Å²) < 4.78 is 33.2. The topological polar surface area (TPSA) is 72.5 Å². The van der Waals surface area contributed by atoms with E-state index < -0.39 is 9.84 Å². The highest BCUT2D eigenvalue weighted by atomic mass is 32.2. The minimum absolute atomic E-state index is 0.00480. The molecule has 2 aliphatic rings. The van der Waals surface area contributed by atoms with Crippen LogP contribution in [-0.2, 0) is 21.3 Å². The average molecular weight is 657 g/mol. The molecular formula is C43H32N2O3S. The summed E-state index contributed by atoms with van der Waals surface area (Å²) in [6, 6.07) is 37.4. The van der Waals surface area contributed by atoms with Gasteiger partial charge in [-0.05, 0) is 110 Å². The first-order chi connectivity index (χ1) is 23.9. The van der Waals surface area contributed by atoms with E-state index in [-0.39, 0.29) is 11.5 Å². The van der Waals surface area contributed by atoms with Crippen LogP contribution in [0.15, 0.2) is 137 Å². The fourth-order valence-electron chi connectivity index (χ4n) is 7.38. The Morgan fingerprint density at radius 2 is 1.37 bits per heavy atom. The number of fused-ring (bicyclic) bond motifs is 6. The zero-order valence-corrected chi connectivity index (χ0v) is 27.7. The van der Waals surface area contributed by atoms with E-state index in [1.807, 2.05) is 61.1 Å². The van der Waals surface area contributed by atoms with E-state index in [1.54, 1.807) is 6.20 Å². The van der Waals surface area contributed by atoms with Crippen molar-refractivity contribution in [2.24, 2.45) is 10.9 Å². The van der Waals surface area contributed by atoms with Crippen LogP contribution in [0.3, 0.4) is 0 Å². The Kier molecular flexibility index (Phi) is 6.95. The highest BCUT2D eigenvalue weighted by Gasteiger charge is 2.26. The van der Waals surface area contributed by atoms with Crippen molar-refractivity contribution in [1.29, 1.82) is 0 Å². The van der Waals surface area contributed by atoms with Crippen LogP contribution in [0.4, 0.5) is 0 Å². The quantitative estimate of drug-likeness (QED) is 0.189. The Bertz CT molecular complexity index is 2620. The van der Waals surface area contributed by atoms with Gasteiger partial charge in [-0.25, -0.2) is 8.42 Å². The Morgan fingerprint density at radius 3 is 2.14 bits per heavy atom. The molecule has 5 aromatic carbocycles. The summed E-state index contributed by atoms with van der Waals surface area (Å²) in [5.41, 5.74) is 13.6. The van der Waals surface area contributed by atoms with Crippen LogP contribution in [0.5, 0.6) is 0 Å². The highest BCUT2D eigenvalue weighted by Crippen LogP contribution is 2.42. The number of hydrogen-bond donors (Lipinski definition) is 0. The molecule has 0 bridgehead atoms. The number of benzene rings is 5. The third-order valence-corrected chi connectivity index (χ3v) is 11.4. The normalized spacial score (nSPS) is 16.6. The molecule has 0 radical (unpaired) electrons. The lowest BCUT2D eigenvalue weighted by molar-refractivity contribution is 0.595. The maximum atomic E-state index is 13.4. The van der Waals surface area contributed by atoms with E-state index in [4.69, 9.17) is 4.42 Å². The minimum atomic E-state index is -3.37. The van der Waals surface area contributed by atoms with E-state index in [9.17, 15) is 8.42 Å². The van der Waals surface area contributed by atoms with Crippen LogP contribution in [0.2, 0.25) is 0 Å². The van der Waals surface area contributed by atoms with E-state index in [2.05, 4.69) is 83.6 Å². The van der Waals surface area contributed by atoms with Crippen LogP contribution in [0.25, 0.3) is 72.0 Å². The van der Waals surface area contributed by atoms with E-state index in [0.717, 1.165) is 89.6 Å². The van der Waals surface area contributed by atoms with Crippen LogP contribution >= 0.6 is 0 Å². The van der Waals surface area contributed by atoms with Crippen LogP contribution < -0.4 is 0 Å². The van der Waals surface area contributed by atoms with Gasteiger partial charge in [-0.2, -0.15) is 0 Å². The van der Waals surface area contributed by atoms with Gasteiger partial charge in [0.05, 0.1) is 11.5 Å². The van der Waals surface area contributed by atoms with Crippen LogP contribution in [0.1, 0.15) is 30.0 Å². The molecule has 0 fully saturated rings. The number of sulfone groups is 1. The monoisotopic (exact) mass is 656 g/mol. The molecule has 238 valence electrons. The predicted octanol–water partition coefficient (Wildman–Crippen LogP) is 10.5. The van der Waals surface area contributed by atoms with E-state index in [1.165, 1.54) is 5.57 Å². The maximum absolute atomic E-state index is 13.4. The summed E-state index contributed by atoms with van der Waals surface area (Å²) in [6.07, 6.45) is 8.52. The van der Waals surface area contributed by atoms with Crippen molar-refractivity contribution in [1.82, 2.24) is 4.98 Å². The first kappa shape index (κ1) is 29.5. The number of aliphatic imine (C=N–C) groups is 1. The lowest BCUT2D eigenvalue weighted by Gasteiger charge is -2.19. The molecule has 2 aromatic heterocycles.